The Kier molecular flexibility index (Phi) is 6.60. The van der Waals surface area contributed by atoms with Crippen molar-refractivity contribution < 1.29 is 0 Å². The molecular formula is C21H39S+. The molecular weight excluding hydrogens is 284 g/mol. The van der Waals surface area contributed by atoms with Gasteiger partial charge in [-0.3, -0.25) is 0 Å². The molecule has 0 radical (unpaired) electrons. The van der Waals surface area contributed by atoms with Crippen molar-refractivity contribution in [1.29, 1.82) is 0 Å². The first-order valence-corrected chi connectivity index (χ1v) is 11.9. The predicted octanol–water partition coefficient (Wildman–Crippen LogP) is 6.48. The molecule has 0 aromatic rings. The maximum atomic E-state index is 2.45. The van der Waals surface area contributed by atoms with Crippen molar-refractivity contribution in [2.75, 3.05) is 0 Å². The SMILES string of the molecule is CC(C)C1CCC([S+](C2CCCCC2)C2CCCCC2)CC1. The van der Waals surface area contributed by atoms with Crippen molar-refractivity contribution in [1.82, 2.24) is 0 Å². The highest BCUT2D eigenvalue weighted by molar-refractivity contribution is 7.98. The quantitative estimate of drug-likeness (QED) is 0.519. The van der Waals surface area contributed by atoms with Gasteiger partial charge in [-0.25, -0.2) is 0 Å². The van der Waals surface area contributed by atoms with Crippen molar-refractivity contribution in [2.24, 2.45) is 11.8 Å². The highest BCUT2D eigenvalue weighted by Gasteiger charge is 2.46. The van der Waals surface area contributed by atoms with Crippen LogP contribution in [0.25, 0.3) is 0 Å². The zero-order valence-corrected chi connectivity index (χ0v) is 16.0. The summed E-state index contributed by atoms with van der Waals surface area (Å²) >= 11 is 0. The minimum Gasteiger partial charge on any atom is -0.0625 e. The smallest absolute Gasteiger partial charge is 0.0625 e. The Morgan fingerprint density at radius 1 is 0.545 bits per heavy atom. The zero-order chi connectivity index (χ0) is 15.4. The van der Waals surface area contributed by atoms with Gasteiger partial charge < -0.3 is 0 Å². The van der Waals surface area contributed by atoms with Gasteiger partial charge >= 0.3 is 0 Å². The van der Waals surface area contributed by atoms with E-state index in [9.17, 15) is 0 Å². The third kappa shape index (κ3) is 4.25. The minimum absolute atomic E-state index is 0.788. The molecule has 0 aliphatic heterocycles. The second-order valence-corrected chi connectivity index (χ2v) is 11.5. The van der Waals surface area contributed by atoms with Crippen LogP contribution in [-0.4, -0.2) is 15.7 Å². The molecule has 0 amide bonds. The summed E-state index contributed by atoms with van der Waals surface area (Å²) in [6.07, 6.45) is 21.8. The molecule has 0 nitrogen and oxygen atoms in total. The van der Waals surface area contributed by atoms with Gasteiger partial charge in [0.25, 0.3) is 0 Å². The Morgan fingerprint density at radius 3 is 1.36 bits per heavy atom. The summed E-state index contributed by atoms with van der Waals surface area (Å²) in [7, 11) is 0.788. The summed E-state index contributed by atoms with van der Waals surface area (Å²) in [6, 6.07) is 0. The van der Waals surface area contributed by atoms with Crippen LogP contribution in [0, 0.1) is 11.8 Å². The monoisotopic (exact) mass is 323 g/mol. The van der Waals surface area contributed by atoms with Crippen molar-refractivity contribution in [3.63, 3.8) is 0 Å². The van der Waals surface area contributed by atoms with Gasteiger partial charge in [0, 0.05) is 0 Å². The average molecular weight is 324 g/mol. The molecule has 0 atom stereocenters. The van der Waals surface area contributed by atoms with Gasteiger partial charge in [-0.1, -0.05) is 26.7 Å². The van der Waals surface area contributed by atoms with Crippen molar-refractivity contribution in [2.45, 2.75) is 119 Å². The van der Waals surface area contributed by atoms with Gasteiger partial charge in [-0.05, 0) is 99.8 Å². The molecule has 0 aromatic heterocycles. The van der Waals surface area contributed by atoms with Crippen LogP contribution in [0.2, 0.25) is 0 Å². The van der Waals surface area contributed by atoms with Crippen molar-refractivity contribution in [3.8, 4) is 0 Å². The van der Waals surface area contributed by atoms with Gasteiger partial charge in [0.05, 0.1) is 0 Å². The molecule has 22 heavy (non-hydrogen) atoms. The lowest BCUT2D eigenvalue weighted by molar-refractivity contribution is 0.281. The molecule has 0 saturated heterocycles. The summed E-state index contributed by atoms with van der Waals surface area (Å²) in [5, 5.41) is 3.40. The summed E-state index contributed by atoms with van der Waals surface area (Å²) in [5.41, 5.74) is 0. The molecule has 0 unspecified atom stereocenters. The van der Waals surface area contributed by atoms with E-state index < -0.39 is 0 Å². The molecule has 3 saturated carbocycles. The third-order valence-electron chi connectivity index (χ3n) is 6.92. The highest BCUT2D eigenvalue weighted by atomic mass is 32.2. The van der Waals surface area contributed by atoms with E-state index in [2.05, 4.69) is 13.8 Å². The van der Waals surface area contributed by atoms with E-state index in [0.29, 0.717) is 0 Å². The standard InChI is InChI=1S/C21H39S/c1-17(2)18-13-15-21(16-14-18)22(19-9-5-3-6-10-19)20-11-7-4-8-12-20/h17-21H,3-16H2,1-2H3/q+1. The number of rotatable bonds is 4. The van der Waals surface area contributed by atoms with Gasteiger partial charge in [0.15, 0.2) is 0 Å². The molecule has 0 bridgehead atoms. The Labute approximate surface area is 142 Å². The van der Waals surface area contributed by atoms with E-state index in [1.54, 1.807) is 77.0 Å². The first kappa shape index (κ1) is 17.2. The fraction of sp³-hybridized carbons (Fsp3) is 1.00. The molecule has 3 fully saturated rings. The van der Waals surface area contributed by atoms with Gasteiger partial charge in [-0.2, -0.15) is 0 Å². The van der Waals surface area contributed by atoms with Gasteiger partial charge in [-0.15, -0.1) is 0 Å². The summed E-state index contributed by atoms with van der Waals surface area (Å²) in [6.45, 7) is 4.90. The molecule has 1 heteroatoms. The van der Waals surface area contributed by atoms with Crippen molar-refractivity contribution in [3.05, 3.63) is 0 Å². The molecule has 0 spiro atoms. The maximum absolute atomic E-state index is 2.45. The largest absolute Gasteiger partial charge is 0.118 e. The van der Waals surface area contributed by atoms with Crippen LogP contribution in [0.1, 0.15) is 104 Å². The maximum Gasteiger partial charge on any atom is 0.118 e. The summed E-state index contributed by atoms with van der Waals surface area (Å²) < 4.78 is 0. The minimum atomic E-state index is 0.788. The molecule has 0 N–H and O–H groups in total. The second-order valence-electron chi connectivity index (χ2n) is 8.71. The molecule has 0 aromatic carbocycles. The average Bonchev–Trinajstić information content (AvgIpc) is 2.57. The lowest BCUT2D eigenvalue weighted by Crippen LogP contribution is -2.44. The predicted molar refractivity (Wildman–Crippen MR) is 102 cm³/mol. The van der Waals surface area contributed by atoms with E-state index in [-0.39, 0.29) is 0 Å². The van der Waals surface area contributed by atoms with Crippen LogP contribution in [0.3, 0.4) is 0 Å². The van der Waals surface area contributed by atoms with Crippen LogP contribution in [0.5, 0.6) is 0 Å². The number of hydrogen-bond acceptors (Lipinski definition) is 0. The first-order valence-electron chi connectivity index (χ1n) is 10.5. The Morgan fingerprint density at radius 2 is 0.955 bits per heavy atom. The van der Waals surface area contributed by atoms with Crippen LogP contribution < -0.4 is 0 Å². The van der Waals surface area contributed by atoms with Crippen LogP contribution in [0.4, 0.5) is 0 Å². The Hall–Kier alpha value is 0.350. The number of hydrogen-bond donors (Lipinski definition) is 0. The molecule has 3 aliphatic rings. The lowest BCUT2D eigenvalue weighted by atomic mass is 9.81. The zero-order valence-electron chi connectivity index (χ0n) is 15.2. The Balaban J connectivity index is 1.65. The van der Waals surface area contributed by atoms with E-state index in [1.807, 2.05) is 0 Å². The summed E-state index contributed by atoms with van der Waals surface area (Å²) in [5.74, 6) is 1.96. The molecule has 3 aliphatic carbocycles. The highest BCUT2D eigenvalue weighted by Crippen LogP contribution is 2.42. The molecule has 128 valence electrons. The van der Waals surface area contributed by atoms with E-state index in [1.165, 1.54) is 12.8 Å². The first-order chi connectivity index (χ1) is 10.8. The Bertz CT molecular complexity index is 286. The molecule has 0 heterocycles. The van der Waals surface area contributed by atoms with Crippen molar-refractivity contribution >= 4 is 10.9 Å². The third-order valence-corrected chi connectivity index (χ3v) is 10.6. The normalized spacial score (nSPS) is 32.7. The summed E-state index contributed by atoms with van der Waals surface area (Å²) in [4.78, 5) is 0. The van der Waals surface area contributed by atoms with Crippen LogP contribution in [0.15, 0.2) is 0 Å². The molecule has 3 rings (SSSR count). The second kappa shape index (κ2) is 8.45. The lowest BCUT2D eigenvalue weighted by Gasteiger charge is -2.38. The van der Waals surface area contributed by atoms with Crippen LogP contribution in [-0.2, 0) is 10.9 Å². The van der Waals surface area contributed by atoms with Gasteiger partial charge in [0.2, 0.25) is 0 Å². The van der Waals surface area contributed by atoms with E-state index >= 15 is 0 Å². The van der Waals surface area contributed by atoms with Crippen LogP contribution >= 0.6 is 0 Å². The fourth-order valence-corrected chi connectivity index (χ4v) is 9.72. The van der Waals surface area contributed by atoms with E-state index in [4.69, 9.17) is 0 Å². The van der Waals surface area contributed by atoms with Gasteiger partial charge in [0.1, 0.15) is 15.7 Å². The topological polar surface area (TPSA) is 0 Å². The fourth-order valence-electron chi connectivity index (χ4n) is 5.52. The van der Waals surface area contributed by atoms with E-state index in [0.717, 1.165) is 38.5 Å².